The molecule has 3 aromatic carbocycles. The van der Waals surface area contributed by atoms with Gasteiger partial charge in [-0.15, -0.1) is 0 Å². The van der Waals surface area contributed by atoms with Crippen LogP contribution in [-0.4, -0.2) is 40.1 Å². The molecule has 0 spiro atoms. The Morgan fingerprint density at radius 1 is 0.829 bits per heavy atom. The maximum absolute atomic E-state index is 11.3. The summed E-state index contributed by atoms with van der Waals surface area (Å²) in [5, 5.41) is 18.3. The standard InChI is InChI=1S/C35H43NO5/c37-34(38)12-6-7-23-36(24-29-19-21-32(22-20-29)35(39)40)25-33(31-10-2-1-3-11-31)41-26-30-17-15-28(16-18-30)14-13-27-8-4-5-9-27/h1-3,10-11,15-22,27,33H,4-9,12-14,23-26H2,(H,37,38)(H,39,40)/t33-/m0/s1. The van der Waals surface area contributed by atoms with Crippen molar-refractivity contribution in [3.8, 4) is 0 Å². The molecular weight excluding hydrogens is 514 g/mol. The molecule has 0 bridgehead atoms. The molecule has 1 aliphatic carbocycles. The van der Waals surface area contributed by atoms with Gasteiger partial charge in [0.25, 0.3) is 0 Å². The Balaban J connectivity index is 1.41. The molecule has 1 atom stereocenters. The number of carboxylic acid groups (broad SMARTS) is 2. The molecule has 6 nitrogen and oxygen atoms in total. The molecule has 1 saturated carbocycles. The van der Waals surface area contributed by atoms with Crippen LogP contribution in [0.4, 0.5) is 0 Å². The SMILES string of the molecule is O=C(O)CCCCN(Cc1ccc(C(=O)O)cc1)C[C@H](OCc1ccc(CCC2CCCC2)cc1)c1ccccc1. The Morgan fingerprint density at radius 2 is 1.49 bits per heavy atom. The molecule has 1 fully saturated rings. The average Bonchev–Trinajstić information content (AvgIpc) is 3.51. The maximum atomic E-state index is 11.3. The van der Waals surface area contributed by atoms with E-state index in [1.54, 1.807) is 12.1 Å². The molecule has 0 unspecified atom stereocenters. The van der Waals surface area contributed by atoms with E-state index < -0.39 is 11.9 Å². The smallest absolute Gasteiger partial charge is 0.335 e. The third-order valence-electron chi connectivity index (χ3n) is 8.11. The van der Waals surface area contributed by atoms with Crippen LogP contribution < -0.4 is 0 Å². The summed E-state index contributed by atoms with van der Waals surface area (Å²) < 4.78 is 6.55. The molecule has 6 heteroatoms. The van der Waals surface area contributed by atoms with Gasteiger partial charge in [-0.2, -0.15) is 0 Å². The van der Waals surface area contributed by atoms with Gasteiger partial charge in [0.15, 0.2) is 0 Å². The Morgan fingerprint density at radius 3 is 2.15 bits per heavy atom. The summed E-state index contributed by atoms with van der Waals surface area (Å²) in [7, 11) is 0. The summed E-state index contributed by atoms with van der Waals surface area (Å²) in [6, 6.07) is 26.0. The number of rotatable bonds is 17. The number of hydrogen-bond donors (Lipinski definition) is 2. The van der Waals surface area contributed by atoms with Crippen molar-refractivity contribution in [1.82, 2.24) is 4.90 Å². The second kappa shape index (κ2) is 16.1. The van der Waals surface area contributed by atoms with Gasteiger partial charge in [-0.05, 0) is 72.5 Å². The van der Waals surface area contributed by atoms with Crippen molar-refractivity contribution in [3.63, 3.8) is 0 Å². The minimum absolute atomic E-state index is 0.149. The number of carbonyl (C=O) groups is 2. The van der Waals surface area contributed by atoms with Crippen LogP contribution in [0.2, 0.25) is 0 Å². The molecular formula is C35H43NO5. The number of aromatic carboxylic acids is 1. The number of aliphatic carboxylic acids is 1. The lowest BCUT2D eigenvalue weighted by atomic mass is 9.98. The summed E-state index contributed by atoms with van der Waals surface area (Å²) in [5.74, 6) is -0.829. The number of nitrogens with zero attached hydrogens (tertiary/aromatic N) is 1. The van der Waals surface area contributed by atoms with Crippen LogP contribution in [0.1, 0.15) is 90.1 Å². The van der Waals surface area contributed by atoms with Gasteiger partial charge >= 0.3 is 11.9 Å². The van der Waals surface area contributed by atoms with Gasteiger partial charge in [-0.25, -0.2) is 4.79 Å². The van der Waals surface area contributed by atoms with Crippen LogP contribution in [0.25, 0.3) is 0 Å². The van der Waals surface area contributed by atoms with E-state index in [9.17, 15) is 14.7 Å². The highest BCUT2D eigenvalue weighted by atomic mass is 16.5. The van der Waals surface area contributed by atoms with Gasteiger partial charge < -0.3 is 14.9 Å². The van der Waals surface area contributed by atoms with Crippen LogP contribution in [0.3, 0.4) is 0 Å². The zero-order valence-corrected chi connectivity index (χ0v) is 23.9. The van der Waals surface area contributed by atoms with Gasteiger partial charge in [0.1, 0.15) is 0 Å². The van der Waals surface area contributed by atoms with E-state index in [2.05, 4.69) is 41.3 Å². The summed E-state index contributed by atoms with van der Waals surface area (Å²) in [6.07, 6.45) is 9.31. The molecule has 4 rings (SSSR count). The van der Waals surface area contributed by atoms with E-state index in [-0.39, 0.29) is 18.1 Å². The molecule has 3 aromatic rings. The highest BCUT2D eigenvalue weighted by molar-refractivity contribution is 5.87. The van der Waals surface area contributed by atoms with E-state index in [1.165, 1.54) is 37.7 Å². The van der Waals surface area contributed by atoms with Crippen molar-refractivity contribution in [2.75, 3.05) is 13.1 Å². The Labute approximate surface area is 244 Å². The van der Waals surface area contributed by atoms with Crippen molar-refractivity contribution in [2.45, 2.75) is 77.0 Å². The fourth-order valence-corrected chi connectivity index (χ4v) is 5.68. The molecule has 218 valence electrons. The molecule has 0 radical (unpaired) electrons. The van der Waals surface area contributed by atoms with Crippen molar-refractivity contribution in [1.29, 1.82) is 0 Å². The summed E-state index contributed by atoms with van der Waals surface area (Å²) in [5.41, 5.74) is 4.90. The van der Waals surface area contributed by atoms with Gasteiger partial charge in [-0.3, -0.25) is 9.69 Å². The normalized spacial score (nSPS) is 14.4. The first-order valence-electron chi connectivity index (χ1n) is 15.0. The molecule has 0 heterocycles. The molecule has 0 saturated heterocycles. The predicted octanol–water partition coefficient (Wildman–Crippen LogP) is 7.52. The molecule has 0 aromatic heterocycles. The Bertz CT molecular complexity index is 1200. The van der Waals surface area contributed by atoms with Crippen molar-refractivity contribution in [2.24, 2.45) is 5.92 Å². The first kappa shape index (κ1) is 30.5. The number of hydrogen-bond acceptors (Lipinski definition) is 4. The van der Waals surface area contributed by atoms with E-state index in [4.69, 9.17) is 9.84 Å². The van der Waals surface area contributed by atoms with Crippen LogP contribution >= 0.6 is 0 Å². The maximum Gasteiger partial charge on any atom is 0.335 e. The molecule has 41 heavy (non-hydrogen) atoms. The number of ether oxygens (including phenoxy) is 1. The predicted molar refractivity (Wildman–Crippen MR) is 161 cm³/mol. The minimum Gasteiger partial charge on any atom is -0.481 e. The first-order valence-corrected chi connectivity index (χ1v) is 15.0. The van der Waals surface area contributed by atoms with Gasteiger partial charge in [0, 0.05) is 19.5 Å². The quantitative estimate of drug-likeness (QED) is 0.167. The summed E-state index contributed by atoms with van der Waals surface area (Å²) in [4.78, 5) is 24.6. The number of carboxylic acids is 2. The van der Waals surface area contributed by atoms with Crippen LogP contribution in [0.5, 0.6) is 0 Å². The van der Waals surface area contributed by atoms with Gasteiger partial charge in [-0.1, -0.05) is 92.4 Å². The number of benzene rings is 3. The number of unbranched alkanes of at least 4 members (excludes halogenated alkanes) is 1. The van der Waals surface area contributed by atoms with Gasteiger partial charge in [0.2, 0.25) is 0 Å². The minimum atomic E-state index is -0.943. The zero-order valence-electron chi connectivity index (χ0n) is 23.9. The monoisotopic (exact) mass is 557 g/mol. The molecule has 0 aliphatic heterocycles. The van der Waals surface area contributed by atoms with E-state index in [1.807, 2.05) is 30.3 Å². The summed E-state index contributed by atoms with van der Waals surface area (Å²) in [6.45, 7) is 2.48. The Kier molecular flexibility index (Phi) is 12.0. The largest absolute Gasteiger partial charge is 0.481 e. The van der Waals surface area contributed by atoms with Gasteiger partial charge in [0.05, 0.1) is 18.3 Å². The zero-order chi connectivity index (χ0) is 28.9. The van der Waals surface area contributed by atoms with Crippen LogP contribution in [-0.2, 0) is 29.1 Å². The van der Waals surface area contributed by atoms with E-state index >= 15 is 0 Å². The fourth-order valence-electron chi connectivity index (χ4n) is 5.68. The van der Waals surface area contributed by atoms with Crippen molar-refractivity contribution in [3.05, 3.63) is 107 Å². The van der Waals surface area contributed by atoms with Crippen molar-refractivity contribution >= 4 is 11.9 Å². The first-order chi connectivity index (χ1) is 20.0. The third kappa shape index (κ3) is 10.5. The van der Waals surface area contributed by atoms with E-state index in [0.29, 0.717) is 26.1 Å². The lowest BCUT2D eigenvalue weighted by Crippen LogP contribution is -2.30. The fraction of sp³-hybridized carbons (Fsp3) is 0.429. The van der Waals surface area contributed by atoms with Crippen LogP contribution in [0.15, 0.2) is 78.9 Å². The Hall–Kier alpha value is -3.48. The van der Waals surface area contributed by atoms with Crippen molar-refractivity contribution < 1.29 is 24.5 Å². The average molecular weight is 558 g/mol. The lowest BCUT2D eigenvalue weighted by Gasteiger charge is -2.28. The highest BCUT2D eigenvalue weighted by Crippen LogP contribution is 2.29. The van der Waals surface area contributed by atoms with E-state index in [0.717, 1.165) is 42.0 Å². The second-order valence-corrected chi connectivity index (χ2v) is 11.3. The summed E-state index contributed by atoms with van der Waals surface area (Å²) >= 11 is 0. The molecule has 2 N–H and O–H groups in total. The molecule has 1 aliphatic rings. The number of aryl methyl sites for hydroxylation is 1. The topological polar surface area (TPSA) is 87.1 Å². The second-order valence-electron chi connectivity index (χ2n) is 11.3. The van der Waals surface area contributed by atoms with Crippen LogP contribution in [0, 0.1) is 5.92 Å². The highest BCUT2D eigenvalue weighted by Gasteiger charge is 2.19. The third-order valence-corrected chi connectivity index (χ3v) is 8.11. The lowest BCUT2D eigenvalue weighted by molar-refractivity contribution is -0.137. The molecule has 0 amide bonds.